The van der Waals surface area contributed by atoms with E-state index in [-0.39, 0.29) is 11.4 Å². The molecule has 0 atom stereocenters. The minimum Gasteiger partial charge on any atom is -0.487 e. The van der Waals surface area contributed by atoms with Crippen LogP contribution in [-0.2, 0) is 7.05 Å². The molecule has 0 saturated heterocycles. The zero-order chi connectivity index (χ0) is 13.1. The summed E-state index contributed by atoms with van der Waals surface area (Å²) in [7, 11) is 1.84. The van der Waals surface area contributed by atoms with Gasteiger partial charge in [0.1, 0.15) is 5.82 Å². The molecule has 0 amide bonds. The fraction of sp³-hybridized carbons (Fsp3) is 0.250. The molecule has 6 nitrogen and oxygen atoms in total. The Hall–Kier alpha value is -2.37. The van der Waals surface area contributed by atoms with Crippen molar-refractivity contribution < 1.29 is 9.66 Å². The third-order valence-electron chi connectivity index (χ3n) is 2.53. The molecule has 1 heterocycles. The van der Waals surface area contributed by atoms with Gasteiger partial charge in [-0.15, -0.1) is 0 Å². The maximum Gasteiger partial charge on any atom is 0.311 e. The van der Waals surface area contributed by atoms with E-state index in [1.165, 1.54) is 6.07 Å². The number of aryl methyl sites for hydroxylation is 1. The lowest BCUT2D eigenvalue weighted by Crippen LogP contribution is -1.99. The summed E-state index contributed by atoms with van der Waals surface area (Å²) in [4.78, 5) is 14.7. The molecule has 0 radical (unpaired) electrons. The Morgan fingerprint density at radius 1 is 1.50 bits per heavy atom. The highest BCUT2D eigenvalue weighted by atomic mass is 16.6. The van der Waals surface area contributed by atoms with Crippen LogP contribution in [0.25, 0.3) is 11.4 Å². The number of nitro benzene ring substituents is 1. The number of hydrogen-bond acceptors (Lipinski definition) is 4. The molecule has 0 fully saturated rings. The second-order valence-corrected chi connectivity index (χ2v) is 3.73. The molecule has 0 spiro atoms. The first kappa shape index (κ1) is 12.1. The first-order valence-corrected chi connectivity index (χ1v) is 5.52. The van der Waals surface area contributed by atoms with E-state index in [1.54, 1.807) is 36.0 Å². The molecule has 1 aromatic heterocycles. The van der Waals surface area contributed by atoms with Crippen molar-refractivity contribution in [3.05, 3.63) is 40.7 Å². The summed E-state index contributed by atoms with van der Waals surface area (Å²) >= 11 is 0. The molecular weight excluding hydrogens is 234 g/mol. The van der Waals surface area contributed by atoms with Crippen molar-refractivity contribution in [1.29, 1.82) is 0 Å². The second kappa shape index (κ2) is 4.87. The van der Waals surface area contributed by atoms with E-state index in [0.717, 1.165) is 0 Å². The van der Waals surface area contributed by atoms with Gasteiger partial charge < -0.3 is 9.30 Å². The molecule has 2 aromatic rings. The van der Waals surface area contributed by atoms with Crippen molar-refractivity contribution in [2.24, 2.45) is 7.05 Å². The van der Waals surface area contributed by atoms with Crippen LogP contribution in [0.1, 0.15) is 6.92 Å². The van der Waals surface area contributed by atoms with Crippen LogP contribution in [0, 0.1) is 10.1 Å². The SMILES string of the molecule is CCOc1ccc(-c2nccn2C)cc1[N+](=O)[O-]. The van der Waals surface area contributed by atoms with E-state index in [4.69, 9.17) is 4.74 Å². The molecule has 1 aromatic carbocycles. The molecule has 0 aliphatic rings. The highest BCUT2D eigenvalue weighted by molar-refractivity contribution is 5.63. The minimum absolute atomic E-state index is 0.0441. The van der Waals surface area contributed by atoms with Crippen LogP contribution < -0.4 is 4.74 Å². The van der Waals surface area contributed by atoms with Crippen molar-refractivity contribution in [2.75, 3.05) is 6.61 Å². The molecule has 0 bridgehead atoms. The molecule has 0 aliphatic carbocycles. The van der Waals surface area contributed by atoms with Crippen molar-refractivity contribution in [2.45, 2.75) is 6.92 Å². The van der Waals surface area contributed by atoms with E-state index in [9.17, 15) is 10.1 Å². The first-order valence-electron chi connectivity index (χ1n) is 5.52. The predicted octanol–water partition coefficient (Wildman–Crippen LogP) is 2.39. The van der Waals surface area contributed by atoms with Gasteiger partial charge in [-0.05, 0) is 19.1 Å². The van der Waals surface area contributed by atoms with Gasteiger partial charge in [-0.1, -0.05) is 0 Å². The summed E-state index contributed by atoms with van der Waals surface area (Å²) in [5.74, 6) is 0.960. The number of benzene rings is 1. The zero-order valence-corrected chi connectivity index (χ0v) is 10.2. The van der Waals surface area contributed by atoms with E-state index in [2.05, 4.69) is 4.98 Å². The maximum absolute atomic E-state index is 11.0. The van der Waals surface area contributed by atoms with Crippen molar-refractivity contribution in [3.8, 4) is 17.1 Å². The van der Waals surface area contributed by atoms with Crippen LogP contribution in [0.5, 0.6) is 5.75 Å². The van der Waals surface area contributed by atoms with Crippen molar-refractivity contribution in [1.82, 2.24) is 9.55 Å². The van der Waals surface area contributed by atoms with E-state index < -0.39 is 4.92 Å². The molecule has 6 heteroatoms. The van der Waals surface area contributed by atoms with Crippen molar-refractivity contribution >= 4 is 5.69 Å². The number of nitrogens with zero attached hydrogens (tertiary/aromatic N) is 3. The Labute approximate surface area is 104 Å². The fourth-order valence-corrected chi connectivity index (χ4v) is 1.72. The average Bonchev–Trinajstić information content (AvgIpc) is 2.76. The van der Waals surface area contributed by atoms with E-state index in [1.807, 2.05) is 7.05 Å². The van der Waals surface area contributed by atoms with Gasteiger partial charge in [0.15, 0.2) is 5.75 Å². The van der Waals surface area contributed by atoms with Gasteiger partial charge in [-0.25, -0.2) is 4.98 Å². The Morgan fingerprint density at radius 3 is 2.83 bits per heavy atom. The molecular formula is C12H13N3O3. The highest BCUT2D eigenvalue weighted by Crippen LogP contribution is 2.31. The normalized spacial score (nSPS) is 10.3. The molecule has 18 heavy (non-hydrogen) atoms. The number of hydrogen-bond donors (Lipinski definition) is 0. The van der Waals surface area contributed by atoms with Crippen molar-refractivity contribution in [3.63, 3.8) is 0 Å². The molecule has 2 rings (SSSR count). The smallest absolute Gasteiger partial charge is 0.311 e. The molecule has 0 saturated carbocycles. The lowest BCUT2D eigenvalue weighted by Gasteiger charge is -2.06. The van der Waals surface area contributed by atoms with Gasteiger partial charge in [-0.2, -0.15) is 0 Å². The lowest BCUT2D eigenvalue weighted by molar-refractivity contribution is -0.385. The predicted molar refractivity (Wildman–Crippen MR) is 66.5 cm³/mol. The highest BCUT2D eigenvalue weighted by Gasteiger charge is 2.17. The second-order valence-electron chi connectivity index (χ2n) is 3.73. The molecule has 0 N–H and O–H groups in total. The van der Waals surface area contributed by atoms with Crippen LogP contribution in [-0.4, -0.2) is 21.1 Å². The van der Waals surface area contributed by atoms with Gasteiger partial charge in [0.2, 0.25) is 0 Å². The Balaban J connectivity index is 2.50. The molecule has 0 aliphatic heterocycles. The van der Waals surface area contributed by atoms with Gasteiger partial charge >= 0.3 is 5.69 Å². The van der Waals surface area contributed by atoms with E-state index >= 15 is 0 Å². The Kier molecular flexibility index (Phi) is 3.27. The summed E-state index contributed by atoms with van der Waals surface area (Å²) in [6.45, 7) is 2.18. The van der Waals surface area contributed by atoms with Gasteiger partial charge in [-0.3, -0.25) is 10.1 Å². The van der Waals surface area contributed by atoms with Crippen LogP contribution in [0.3, 0.4) is 0 Å². The largest absolute Gasteiger partial charge is 0.487 e. The Bertz CT molecular complexity index is 578. The minimum atomic E-state index is -0.447. The topological polar surface area (TPSA) is 70.2 Å². The van der Waals surface area contributed by atoms with Crippen LogP contribution in [0.4, 0.5) is 5.69 Å². The first-order chi connectivity index (χ1) is 8.63. The summed E-state index contributed by atoms with van der Waals surface area (Å²) in [5.41, 5.74) is 0.648. The number of imidazole rings is 1. The fourth-order valence-electron chi connectivity index (χ4n) is 1.72. The number of rotatable bonds is 4. The quantitative estimate of drug-likeness (QED) is 0.614. The number of ether oxygens (including phenoxy) is 1. The summed E-state index contributed by atoms with van der Waals surface area (Å²) < 4.78 is 7.04. The average molecular weight is 247 g/mol. The van der Waals surface area contributed by atoms with Gasteiger partial charge in [0.05, 0.1) is 11.5 Å². The summed E-state index contributed by atoms with van der Waals surface area (Å²) in [6.07, 6.45) is 3.44. The summed E-state index contributed by atoms with van der Waals surface area (Å²) in [6, 6.07) is 4.85. The monoisotopic (exact) mass is 247 g/mol. The van der Waals surface area contributed by atoms with Crippen LogP contribution in [0.15, 0.2) is 30.6 Å². The summed E-state index contributed by atoms with van der Waals surface area (Å²) in [5, 5.41) is 11.0. The van der Waals surface area contributed by atoms with Crippen LogP contribution >= 0.6 is 0 Å². The van der Waals surface area contributed by atoms with Gasteiger partial charge in [0.25, 0.3) is 0 Å². The standard InChI is InChI=1S/C12H13N3O3/c1-3-18-11-5-4-9(8-10(11)15(16)17)12-13-6-7-14(12)2/h4-8H,3H2,1-2H3. The third kappa shape index (κ3) is 2.17. The number of nitro groups is 1. The lowest BCUT2D eigenvalue weighted by atomic mass is 10.1. The maximum atomic E-state index is 11.0. The zero-order valence-electron chi connectivity index (χ0n) is 10.2. The van der Waals surface area contributed by atoms with Crippen LogP contribution in [0.2, 0.25) is 0 Å². The molecule has 94 valence electrons. The van der Waals surface area contributed by atoms with Gasteiger partial charge in [0, 0.05) is 31.1 Å². The third-order valence-corrected chi connectivity index (χ3v) is 2.53. The van der Waals surface area contributed by atoms with E-state index in [0.29, 0.717) is 18.0 Å². The number of aromatic nitrogens is 2. The Morgan fingerprint density at radius 2 is 2.28 bits per heavy atom. The molecule has 0 unspecified atom stereocenters.